The summed E-state index contributed by atoms with van der Waals surface area (Å²) in [6.45, 7) is 2.85. The molecule has 1 heterocycles. The third kappa shape index (κ3) is 2.65. The normalized spacial score (nSPS) is 15.3. The van der Waals surface area contributed by atoms with Crippen molar-refractivity contribution in [3.8, 4) is 5.75 Å². The second-order valence-electron chi connectivity index (χ2n) is 5.18. The molecular weight excluding hydrogens is 291 g/mol. The number of rotatable bonds is 2. The summed E-state index contributed by atoms with van der Waals surface area (Å²) in [6, 6.07) is 12.1. The molecule has 1 aliphatic heterocycles. The van der Waals surface area contributed by atoms with E-state index in [0.29, 0.717) is 0 Å². The van der Waals surface area contributed by atoms with Crippen molar-refractivity contribution in [1.29, 1.82) is 0 Å². The van der Waals surface area contributed by atoms with Crippen molar-refractivity contribution in [1.82, 2.24) is 0 Å². The Hall–Kier alpha value is -1.18. The summed E-state index contributed by atoms with van der Waals surface area (Å²) >= 11 is 12.7. The van der Waals surface area contributed by atoms with Gasteiger partial charge in [-0.15, -0.1) is 11.6 Å². The molecule has 0 aromatic heterocycles. The fraction of sp³-hybridized carbons (Fsp3) is 0.294. The average molecular weight is 307 g/mol. The highest BCUT2D eigenvalue weighted by molar-refractivity contribution is 6.30. The standard InChI is InChI=1S/C17H16Cl2O/c1-11-9-14(18)5-6-15(11)17(19)13-4-7-16-12(10-13)3-2-8-20-16/h4-7,9-10,17H,2-3,8H2,1H3. The van der Waals surface area contributed by atoms with Crippen LogP contribution >= 0.6 is 23.2 Å². The molecule has 2 aromatic carbocycles. The Kier molecular flexibility index (Phi) is 3.91. The van der Waals surface area contributed by atoms with Gasteiger partial charge >= 0.3 is 0 Å². The molecule has 104 valence electrons. The van der Waals surface area contributed by atoms with Crippen molar-refractivity contribution in [2.75, 3.05) is 6.61 Å². The van der Waals surface area contributed by atoms with Gasteiger partial charge in [0.1, 0.15) is 5.75 Å². The SMILES string of the molecule is Cc1cc(Cl)ccc1C(Cl)c1ccc2c(c1)CCCO2. The van der Waals surface area contributed by atoms with E-state index in [9.17, 15) is 0 Å². The van der Waals surface area contributed by atoms with Crippen LogP contribution < -0.4 is 4.74 Å². The maximum absolute atomic E-state index is 6.65. The van der Waals surface area contributed by atoms with E-state index >= 15 is 0 Å². The van der Waals surface area contributed by atoms with Crippen LogP contribution in [0.5, 0.6) is 5.75 Å². The van der Waals surface area contributed by atoms with Crippen LogP contribution in [0.25, 0.3) is 0 Å². The molecule has 0 saturated carbocycles. The van der Waals surface area contributed by atoms with Gasteiger partial charge in [0.05, 0.1) is 12.0 Å². The van der Waals surface area contributed by atoms with Crippen LogP contribution in [-0.4, -0.2) is 6.61 Å². The second kappa shape index (κ2) is 5.67. The van der Waals surface area contributed by atoms with Crippen molar-refractivity contribution in [3.63, 3.8) is 0 Å². The van der Waals surface area contributed by atoms with Crippen LogP contribution in [0.3, 0.4) is 0 Å². The Morgan fingerprint density at radius 2 is 2.00 bits per heavy atom. The van der Waals surface area contributed by atoms with Crippen molar-refractivity contribution in [3.05, 3.63) is 63.7 Å². The number of ether oxygens (including phenoxy) is 1. The molecule has 2 aromatic rings. The number of hydrogen-bond donors (Lipinski definition) is 0. The largest absolute Gasteiger partial charge is 0.493 e. The van der Waals surface area contributed by atoms with Gasteiger partial charge in [0.15, 0.2) is 0 Å². The lowest BCUT2D eigenvalue weighted by Gasteiger charge is -2.20. The molecule has 3 heteroatoms. The average Bonchev–Trinajstić information content (AvgIpc) is 2.46. The minimum Gasteiger partial charge on any atom is -0.493 e. The minimum absolute atomic E-state index is 0.153. The molecule has 1 aliphatic rings. The van der Waals surface area contributed by atoms with E-state index in [4.69, 9.17) is 27.9 Å². The first kappa shape index (κ1) is 13.8. The Balaban J connectivity index is 1.95. The Morgan fingerprint density at radius 3 is 2.80 bits per heavy atom. The zero-order valence-corrected chi connectivity index (χ0v) is 12.8. The number of halogens is 2. The van der Waals surface area contributed by atoms with Crippen LogP contribution in [0, 0.1) is 6.92 Å². The van der Waals surface area contributed by atoms with Crippen molar-refractivity contribution in [2.45, 2.75) is 25.1 Å². The second-order valence-corrected chi connectivity index (χ2v) is 6.06. The minimum atomic E-state index is -0.153. The first-order valence-corrected chi connectivity index (χ1v) is 7.62. The highest BCUT2D eigenvalue weighted by Crippen LogP contribution is 2.35. The third-order valence-corrected chi connectivity index (χ3v) is 4.45. The van der Waals surface area contributed by atoms with Gasteiger partial charge in [0.25, 0.3) is 0 Å². The van der Waals surface area contributed by atoms with Gasteiger partial charge in [-0.2, -0.15) is 0 Å². The van der Waals surface area contributed by atoms with Crippen LogP contribution in [0.15, 0.2) is 36.4 Å². The van der Waals surface area contributed by atoms with Gasteiger partial charge in [-0.3, -0.25) is 0 Å². The monoisotopic (exact) mass is 306 g/mol. The fourth-order valence-corrected chi connectivity index (χ4v) is 3.25. The summed E-state index contributed by atoms with van der Waals surface area (Å²) in [5.74, 6) is 0.997. The molecule has 0 bridgehead atoms. The Morgan fingerprint density at radius 1 is 1.15 bits per heavy atom. The summed E-state index contributed by atoms with van der Waals surface area (Å²) in [6.07, 6.45) is 2.13. The molecule has 0 spiro atoms. The number of aryl methyl sites for hydroxylation is 2. The van der Waals surface area contributed by atoms with Crippen LogP contribution in [0.4, 0.5) is 0 Å². The first-order valence-electron chi connectivity index (χ1n) is 6.81. The van der Waals surface area contributed by atoms with Gasteiger partial charge in [-0.05, 0) is 60.2 Å². The van der Waals surface area contributed by atoms with E-state index in [1.54, 1.807) is 0 Å². The van der Waals surface area contributed by atoms with Crippen molar-refractivity contribution >= 4 is 23.2 Å². The molecule has 1 atom stereocenters. The van der Waals surface area contributed by atoms with Crippen molar-refractivity contribution < 1.29 is 4.74 Å². The maximum atomic E-state index is 6.65. The highest BCUT2D eigenvalue weighted by Gasteiger charge is 2.17. The molecule has 3 rings (SSSR count). The van der Waals surface area contributed by atoms with E-state index in [1.807, 2.05) is 31.2 Å². The highest BCUT2D eigenvalue weighted by atomic mass is 35.5. The Labute approximate surface area is 129 Å². The molecule has 0 saturated heterocycles. The summed E-state index contributed by atoms with van der Waals surface area (Å²) in [5, 5.41) is 0.591. The quantitative estimate of drug-likeness (QED) is 0.684. The lowest BCUT2D eigenvalue weighted by atomic mass is 9.96. The molecule has 0 N–H and O–H groups in total. The zero-order valence-electron chi connectivity index (χ0n) is 11.3. The van der Waals surface area contributed by atoms with E-state index in [2.05, 4.69) is 12.1 Å². The summed E-state index contributed by atoms with van der Waals surface area (Å²) in [5.41, 5.74) is 4.59. The van der Waals surface area contributed by atoms with Crippen LogP contribution in [0.1, 0.15) is 34.1 Å². The number of hydrogen-bond acceptors (Lipinski definition) is 1. The maximum Gasteiger partial charge on any atom is 0.122 e. The summed E-state index contributed by atoms with van der Waals surface area (Å²) in [7, 11) is 0. The van der Waals surface area contributed by atoms with E-state index in [1.165, 1.54) is 5.56 Å². The third-order valence-electron chi connectivity index (χ3n) is 3.73. The summed E-state index contributed by atoms with van der Waals surface area (Å²) in [4.78, 5) is 0. The predicted molar refractivity (Wildman–Crippen MR) is 84.1 cm³/mol. The van der Waals surface area contributed by atoms with Crippen LogP contribution in [-0.2, 0) is 6.42 Å². The fourth-order valence-electron chi connectivity index (χ4n) is 2.64. The molecule has 0 aliphatic carbocycles. The van der Waals surface area contributed by atoms with Gasteiger partial charge in [0, 0.05) is 5.02 Å². The lowest BCUT2D eigenvalue weighted by Crippen LogP contribution is -2.09. The number of fused-ring (bicyclic) bond motifs is 1. The number of benzene rings is 2. The molecule has 0 radical (unpaired) electrons. The topological polar surface area (TPSA) is 9.23 Å². The molecule has 0 amide bonds. The molecule has 0 fully saturated rings. The van der Waals surface area contributed by atoms with E-state index < -0.39 is 0 Å². The van der Waals surface area contributed by atoms with Gasteiger partial charge in [-0.1, -0.05) is 29.8 Å². The predicted octanol–water partition coefficient (Wildman–Crippen LogP) is 5.30. The molecule has 1 unspecified atom stereocenters. The van der Waals surface area contributed by atoms with Gasteiger partial charge in [-0.25, -0.2) is 0 Å². The number of alkyl halides is 1. The molecule has 1 nitrogen and oxygen atoms in total. The van der Waals surface area contributed by atoms with Gasteiger partial charge < -0.3 is 4.74 Å². The summed E-state index contributed by atoms with van der Waals surface area (Å²) < 4.78 is 5.64. The van der Waals surface area contributed by atoms with Crippen molar-refractivity contribution in [2.24, 2.45) is 0 Å². The smallest absolute Gasteiger partial charge is 0.122 e. The first-order chi connectivity index (χ1) is 9.65. The lowest BCUT2D eigenvalue weighted by molar-refractivity contribution is 0.288. The van der Waals surface area contributed by atoms with Crippen LogP contribution in [0.2, 0.25) is 5.02 Å². The van der Waals surface area contributed by atoms with E-state index in [0.717, 1.165) is 46.9 Å². The molecular formula is C17H16Cl2O. The zero-order chi connectivity index (χ0) is 14.1. The van der Waals surface area contributed by atoms with E-state index in [-0.39, 0.29) is 5.38 Å². The Bertz CT molecular complexity index is 637. The van der Waals surface area contributed by atoms with Gasteiger partial charge in [0.2, 0.25) is 0 Å². The molecule has 20 heavy (non-hydrogen) atoms.